The van der Waals surface area contributed by atoms with Gasteiger partial charge in [0.1, 0.15) is 0 Å². The Hall–Kier alpha value is -2.47. The van der Waals surface area contributed by atoms with E-state index >= 15 is 0 Å². The van der Waals surface area contributed by atoms with Crippen LogP contribution in [-0.2, 0) is 6.54 Å². The summed E-state index contributed by atoms with van der Waals surface area (Å²) < 4.78 is 16.1. The molecule has 2 rings (SSSR count). The number of rotatable bonds is 6. The summed E-state index contributed by atoms with van der Waals surface area (Å²) in [6.45, 7) is 2.54. The minimum absolute atomic E-state index is 0.501. The van der Waals surface area contributed by atoms with Gasteiger partial charge in [-0.05, 0) is 49.0 Å². The van der Waals surface area contributed by atoms with E-state index in [2.05, 4.69) is 10.6 Å². The highest BCUT2D eigenvalue weighted by atomic mass is 32.1. The molecule has 0 aromatic heterocycles. The Kier molecular flexibility index (Phi) is 6.26. The van der Waals surface area contributed by atoms with Crippen LogP contribution in [0.2, 0.25) is 0 Å². The van der Waals surface area contributed by atoms with Crippen LogP contribution < -0.4 is 24.8 Å². The van der Waals surface area contributed by atoms with Crippen molar-refractivity contribution in [1.29, 1.82) is 0 Å². The number of hydrogen-bond donors (Lipinski definition) is 2. The van der Waals surface area contributed by atoms with Crippen LogP contribution in [0.25, 0.3) is 0 Å². The molecule has 0 bridgehead atoms. The topological polar surface area (TPSA) is 51.8 Å². The number of benzene rings is 2. The Morgan fingerprint density at radius 1 is 1.00 bits per heavy atom. The van der Waals surface area contributed by atoms with E-state index in [4.69, 9.17) is 26.4 Å². The first kappa shape index (κ1) is 17.9. The summed E-state index contributed by atoms with van der Waals surface area (Å²) in [4.78, 5) is 0. The van der Waals surface area contributed by atoms with Gasteiger partial charge in [0.15, 0.2) is 16.6 Å². The van der Waals surface area contributed by atoms with Gasteiger partial charge in [0.2, 0.25) is 5.75 Å². The lowest BCUT2D eigenvalue weighted by Gasteiger charge is -2.17. The molecule has 0 amide bonds. The molecule has 0 aliphatic carbocycles. The smallest absolute Gasteiger partial charge is 0.203 e. The molecule has 2 aromatic carbocycles. The Bertz CT molecular complexity index is 719. The molecule has 0 radical (unpaired) electrons. The molecule has 6 heteroatoms. The van der Waals surface area contributed by atoms with Crippen molar-refractivity contribution in [3.63, 3.8) is 0 Å². The van der Waals surface area contributed by atoms with Gasteiger partial charge in [-0.15, -0.1) is 0 Å². The van der Waals surface area contributed by atoms with Crippen molar-refractivity contribution in [1.82, 2.24) is 5.32 Å². The molecule has 0 aliphatic heterocycles. The van der Waals surface area contributed by atoms with Crippen LogP contribution in [0, 0.1) is 6.92 Å². The van der Waals surface area contributed by atoms with Crippen molar-refractivity contribution in [3.8, 4) is 17.2 Å². The zero-order valence-electron chi connectivity index (χ0n) is 14.3. The van der Waals surface area contributed by atoms with E-state index in [9.17, 15) is 0 Å². The van der Waals surface area contributed by atoms with E-state index in [1.54, 1.807) is 21.3 Å². The van der Waals surface area contributed by atoms with Crippen molar-refractivity contribution in [3.05, 3.63) is 47.5 Å². The van der Waals surface area contributed by atoms with Crippen molar-refractivity contribution in [2.24, 2.45) is 0 Å². The molecule has 2 aromatic rings. The predicted octanol–water partition coefficient (Wildman–Crippen LogP) is 3.51. The van der Waals surface area contributed by atoms with Gasteiger partial charge in [-0.2, -0.15) is 0 Å². The number of hydrogen-bond acceptors (Lipinski definition) is 4. The van der Waals surface area contributed by atoms with Gasteiger partial charge in [-0.3, -0.25) is 0 Å². The molecular weight excluding hydrogens is 324 g/mol. The van der Waals surface area contributed by atoms with Crippen LogP contribution in [0.3, 0.4) is 0 Å². The summed E-state index contributed by atoms with van der Waals surface area (Å²) in [5, 5.41) is 6.88. The van der Waals surface area contributed by atoms with E-state index in [0.717, 1.165) is 11.3 Å². The fourth-order valence-corrected chi connectivity index (χ4v) is 2.57. The second-order valence-electron chi connectivity index (χ2n) is 5.17. The van der Waals surface area contributed by atoms with E-state index in [-0.39, 0.29) is 0 Å². The summed E-state index contributed by atoms with van der Waals surface area (Å²) in [6, 6.07) is 11.8. The van der Waals surface area contributed by atoms with E-state index in [0.29, 0.717) is 28.9 Å². The van der Waals surface area contributed by atoms with Gasteiger partial charge in [0.05, 0.1) is 21.3 Å². The summed E-state index contributed by atoms with van der Waals surface area (Å²) in [5.74, 6) is 1.82. The third-order valence-electron chi connectivity index (χ3n) is 3.50. The van der Waals surface area contributed by atoms with Gasteiger partial charge in [-0.1, -0.05) is 12.1 Å². The zero-order chi connectivity index (χ0) is 17.5. The third kappa shape index (κ3) is 4.29. The lowest BCUT2D eigenvalue weighted by molar-refractivity contribution is 0.322. The molecule has 0 saturated carbocycles. The predicted molar refractivity (Wildman–Crippen MR) is 100 cm³/mol. The highest BCUT2D eigenvalue weighted by Crippen LogP contribution is 2.39. The van der Waals surface area contributed by atoms with E-state index in [1.165, 1.54) is 5.56 Å². The number of nitrogens with one attached hydrogen (secondary N) is 2. The van der Waals surface area contributed by atoms with Crippen LogP contribution in [0.4, 0.5) is 5.69 Å². The molecular formula is C18H22N2O3S. The molecule has 24 heavy (non-hydrogen) atoms. The molecule has 5 nitrogen and oxygen atoms in total. The average molecular weight is 346 g/mol. The minimum Gasteiger partial charge on any atom is -0.493 e. The molecule has 0 atom stereocenters. The van der Waals surface area contributed by atoms with E-state index in [1.807, 2.05) is 43.3 Å². The SMILES string of the molecule is COc1ccc(CNC(=S)Nc2cccc(C)c2)c(OC)c1OC. The third-order valence-corrected chi connectivity index (χ3v) is 3.75. The monoisotopic (exact) mass is 346 g/mol. The number of aryl methyl sites for hydroxylation is 1. The number of methoxy groups -OCH3 is 3. The number of anilines is 1. The van der Waals surface area contributed by atoms with Crippen LogP contribution in [0.15, 0.2) is 36.4 Å². The second-order valence-corrected chi connectivity index (χ2v) is 5.58. The zero-order valence-corrected chi connectivity index (χ0v) is 15.1. The Labute approximate surface area is 147 Å². The molecule has 128 valence electrons. The van der Waals surface area contributed by atoms with Crippen LogP contribution in [0.1, 0.15) is 11.1 Å². The average Bonchev–Trinajstić information content (AvgIpc) is 2.58. The molecule has 0 unspecified atom stereocenters. The lowest BCUT2D eigenvalue weighted by atomic mass is 10.1. The standard InChI is InChI=1S/C18H22N2O3S/c1-12-6-5-7-14(10-12)20-18(24)19-11-13-8-9-15(21-2)17(23-4)16(13)22-3/h5-10H,11H2,1-4H3,(H2,19,20,24). The van der Waals surface area contributed by atoms with Crippen LogP contribution in [-0.4, -0.2) is 26.4 Å². The highest BCUT2D eigenvalue weighted by Gasteiger charge is 2.15. The molecule has 0 saturated heterocycles. The summed E-state index contributed by atoms with van der Waals surface area (Å²) in [5.41, 5.74) is 3.04. The van der Waals surface area contributed by atoms with Gasteiger partial charge < -0.3 is 24.8 Å². The number of ether oxygens (including phenoxy) is 3. The van der Waals surface area contributed by atoms with Crippen molar-refractivity contribution < 1.29 is 14.2 Å². The van der Waals surface area contributed by atoms with Gasteiger partial charge in [0, 0.05) is 17.8 Å². The van der Waals surface area contributed by atoms with Crippen LogP contribution >= 0.6 is 12.2 Å². The summed E-state index contributed by atoms with van der Waals surface area (Å²) in [6.07, 6.45) is 0. The molecule has 0 fully saturated rings. The largest absolute Gasteiger partial charge is 0.493 e. The van der Waals surface area contributed by atoms with Crippen molar-refractivity contribution in [2.75, 3.05) is 26.6 Å². The maximum Gasteiger partial charge on any atom is 0.203 e. The Balaban J connectivity index is 2.07. The first-order chi connectivity index (χ1) is 11.6. The van der Waals surface area contributed by atoms with Gasteiger partial charge >= 0.3 is 0 Å². The minimum atomic E-state index is 0.501. The summed E-state index contributed by atoms with van der Waals surface area (Å²) >= 11 is 5.35. The van der Waals surface area contributed by atoms with E-state index < -0.39 is 0 Å². The highest BCUT2D eigenvalue weighted by molar-refractivity contribution is 7.80. The second kappa shape index (κ2) is 8.40. The molecule has 0 spiro atoms. The van der Waals surface area contributed by atoms with Crippen molar-refractivity contribution >= 4 is 23.0 Å². The molecule has 0 heterocycles. The lowest BCUT2D eigenvalue weighted by Crippen LogP contribution is -2.28. The maximum absolute atomic E-state index is 5.47. The Morgan fingerprint density at radius 2 is 1.75 bits per heavy atom. The maximum atomic E-state index is 5.47. The van der Waals surface area contributed by atoms with Gasteiger partial charge in [0.25, 0.3) is 0 Å². The normalized spacial score (nSPS) is 10.0. The Morgan fingerprint density at radius 3 is 2.38 bits per heavy atom. The quantitative estimate of drug-likeness (QED) is 0.781. The van der Waals surface area contributed by atoms with Crippen molar-refractivity contribution in [2.45, 2.75) is 13.5 Å². The first-order valence-electron chi connectivity index (χ1n) is 7.48. The van der Waals surface area contributed by atoms with Crippen LogP contribution in [0.5, 0.6) is 17.2 Å². The number of thiocarbonyl (C=S) groups is 1. The molecule has 0 aliphatic rings. The fraction of sp³-hybridized carbons (Fsp3) is 0.278. The summed E-state index contributed by atoms with van der Waals surface area (Å²) in [7, 11) is 4.78. The fourth-order valence-electron chi connectivity index (χ4n) is 2.38. The molecule has 2 N–H and O–H groups in total. The van der Waals surface area contributed by atoms with Gasteiger partial charge in [-0.25, -0.2) is 0 Å². The first-order valence-corrected chi connectivity index (χ1v) is 7.89.